The van der Waals surface area contributed by atoms with Gasteiger partial charge in [0.1, 0.15) is 0 Å². The van der Waals surface area contributed by atoms with Crippen molar-refractivity contribution >= 4 is 11.8 Å². The minimum atomic E-state index is -0.177. The van der Waals surface area contributed by atoms with Gasteiger partial charge in [-0.05, 0) is 25.1 Å². The molecule has 1 aromatic rings. The summed E-state index contributed by atoms with van der Waals surface area (Å²) in [6, 6.07) is 7.03. The van der Waals surface area contributed by atoms with Gasteiger partial charge in [-0.25, -0.2) is 0 Å². The number of carbonyl (C=O) groups is 2. The second kappa shape index (κ2) is 8.08. The predicted octanol–water partition coefficient (Wildman–Crippen LogP) is 0.547. The highest BCUT2D eigenvalue weighted by Crippen LogP contribution is 2.08. The molecule has 2 amide bonds. The first-order valence-corrected chi connectivity index (χ1v) is 6.78. The first-order chi connectivity index (χ1) is 9.99. The largest absolute Gasteiger partial charge is 0.347 e. The number of carbonyl (C=O) groups excluding carboxylic acids is 2. The summed E-state index contributed by atoms with van der Waals surface area (Å²) >= 11 is 0. The lowest BCUT2D eigenvalue weighted by Gasteiger charge is -2.22. The molecule has 0 fully saturated rings. The maximum atomic E-state index is 12.4. The lowest BCUT2D eigenvalue weighted by molar-refractivity contribution is -0.129. The number of hydrogen-bond donors (Lipinski definition) is 1. The molecule has 0 aliphatic carbocycles. The summed E-state index contributed by atoms with van der Waals surface area (Å²) in [5.74, 6) is 5.36. The van der Waals surface area contributed by atoms with Crippen LogP contribution in [-0.2, 0) is 4.79 Å². The van der Waals surface area contributed by atoms with E-state index in [9.17, 15) is 9.59 Å². The molecule has 0 bridgehead atoms. The Morgan fingerprint density at radius 1 is 1.29 bits per heavy atom. The topological polar surface area (TPSA) is 66.6 Å². The number of nitrogens with two attached hydrogens (primary N) is 1. The quantitative estimate of drug-likeness (QED) is 0.822. The van der Waals surface area contributed by atoms with Crippen molar-refractivity contribution in [2.24, 2.45) is 5.73 Å². The molecule has 5 nitrogen and oxygen atoms in total. The number of amides is 2. The van der Waals surface area contributed by atoms with Gasteiger partial charge < -0.3 is 15.5 Å². The van der Waals surface area contributed by atoms with Gasteiger partial charge >= 0.3 is 0 Å². The summed E-state index contributed by atoms with van der Waals surface area (Å²) in [5, 5.41) is 0. The van der Waals surface area contributed by atoms with Gasteiger partial charge in [0, 0.05) is 31.8 Å². The van der Waals surface area contributed by atoms with E-state index < -0.39 is 0 Å². The maximum Gasteiger partial charge on any atom is 0.254 e. The average Bonchev–Trinajstić information content (AvgIpc) is 2.49. The highest BCUT2D eigenvalue weighted by molar-refractivity contribution is 5.96. The zero-order chi connectivity index (χ0) is 15.8. The van der Waals surface area contributed by atoms with Gasteiger partial charge in [-0.15, -0.1) is 0 Å². The van der Waals surface area contributed by atoms with E-state index in [-0.39, 0.29) is 24.9 Å². The minimum Gasteiger partial charge on any atom is -0.347 e. The molecular weight excluding hydrogens is 266 g/mol. The molecule has 0 atom stereocenters. The smallest absolute Gasteiger partial charge is 0.254 e. The molecular formula is C16H21N3O2. The molecule has 0 spiro atoms. The van der Waals surface area contributed by atoms with Crippen molar-refractivity contribution in [1.82, 2.24) is 9.80 Å². The van der Waals surface area contributed by atoms with Gasteiger partial charge in [-0.2, -0.15) is 0 Å². The van der Waals surface area contributed by atoms with Crippen LogP contribution in [0.4, 0.5) is 0 Å². The van der Waals surface area contributed by atoms with E-state index in [0.717, 1.165) is 5.56 Å². The fourth-order valence-corrected chi connectivity index (χ4v) is 1.70. The number of likely N-dealkylation sites (N-methyl/N-ethyl adjacent to an activating group) is 2. The number of rotatable bonds is 4. The third kappa shape index (κ3) is 4.93. The number of benzene rings is 1. The SMILES string of the molecule is CCN(CC(=O)N(C)C)C(=O)c1cccc(C#CCN)c1. The molecule has 0 aliphatic heterocycles. The van der Waals surface area contributed by atoms with E-state index in [1.54, 1.807) is 32.3 Å². The molecule has 0 radical (unpaired) electrons. The van der Waals surface area contributed by atoms with E-state index >= 15 is 0 Å². The molecule has 0 saturated heterocycles. The zero-order valence-corrected chi connectivity index (χ0v) is 12.7. The summed E-state index contributed by atoms with van der Waals surface area (Å²) in [6.45, 7) is 2.66. The number of hydrogen-bond acceptors (Lipinski definition) is 3. The lowest BCUT2D eigenvalue weighted by Crippen LogP contribution is -2.40. The van der Waals surface area contributed by atoms with E-state index in [2.05, 4.69) is 11.8 Å². The van der Waals surface area contributed by atoms with Crippen molar-refractivity contribution < 1.29 is 9.59 Å². The van der Waals surface area contributed by atoms with Gasteiger partial charge in [-0.3, -0.25) is 9.59 Å². The molecule has 112 valence electrons. The third-order valence-corrected chi connectivity index (χ3v) is 2.94. The first-order valence-electron chi connectivity index (χ1n) is 6.78. The highest BCUT2D eigenvalue weighted by Gasteiger charge is 2.18. The van der Waals surface area contributed by atoms with Crippen molar-refractivity contribution in [1.29, 1.82) is 0 Å². The minimum absolute atomic E-state index is 0.0705. The molecule has 21 heavy (non-hydrogen) atoms. The summed E-state index contributed by atoms with van der Waals surface area (Å²) in [7, 11) is 3.34. The Kier molecular flexibility index (Phi) is 6.44. The van der Waals surface area contributed by atoms with E-state index in [4.69, 9.17) is 5.73 Å². The second-order valence-electron chi connectivity index (χ2n) is 4.69. The van der Waals surface area contributed by atoms with Crippen LogP contribution in [0.3, 0.4) is 0 Å². The van der Waals surface area contributed by atoms with E-state index in [1.165, 1.54) is 9.80 Å². The third-order valence-electron chi connectivity index (χ3n) is 2.94. The van der Waals surface area contributed by atoms with E-state index in [0.29, 0.717) is 12.1 Å². The lowest BCUT2D eigenvalue weighted by atomic mass is 10.1. The normalized spacial score (nSPS) is 9.52. The summed E-state index contributed by atoms with van der Waals surface area (Å²) < 4.78 is 0. The van der Waals surface area contributed by atoms with Crippen molar-refractivity contribution in [2.45, 2.75) is 6.92 Å². The van der Waals surface area contributed by atoms with Crippen LogP contribution in [-0.4, -0.2) is 55.3 Å². The van der Waals surface area contributed by atoms with Crippen LogP contribution in [0.15, 0.2) is 24.3 Å². The Morgan fingerprint density at radius 3 is 2.57 bits per heavy atom. The van der Waals surface area contributed by atoms with Gasteiger partial charge in [0.25, 0.3) is 5.91 Å². The van der Waals surface area contributed by atoms with Crippen LogP contribution in [0.25, 0.3) is 0 Å². The monoisotopic (exact) mass is 287 g/mol. The van der Waals surface area contributed by atoms with Crippen LogP contribution < -0.4 is 5.73 Å². The molecule has 5 heteroatoms. The Morgan fingerprint density at radius 2 is 2.00 bits per heavy atom. The molecule has 1 aromatic carbocycles. The maximum absolute atomic E-state index is 12.4. The van der Waals surface area contributed by atoms with Crippen LogP contribution >= 0.6 is 0 Å². The Hall–Kier alpha value is -2.32. The molecule has 0 saturated carbocycles. The average molecular weight is 287 g/mol. The molecule has 0 unspecified atom stereocenters. The van der Waals surface area contributed by atoms with Crippen molar-refractivity contribution in [3.63, 3.8) is 0 Å². The first kappa shape index (κ1) is 16.7. The molecule has 2 N–H and O–H groups in total. The standard InChI is InChI=1S/C16H21N3O2/c1-4-19(12-15(20)18(2)3)16(21)14-9-5-7-13(11-14)8-6-10-17/h5,7,9,11H,4,10,12,17H2,1-3H3. The Labute approximate surface area is 125 Å². The number of nitrogens with zero attached hydrogens (tertiary/aromatic N) is 2. The van der Waals surface area contributed by atoms with Gasteiger partial charge in [0.05, 0.1) is 13.1 Å². The fourth-order valence-electron chi connectivity index (χ4n) is 1.70. The van der Waals surface area contributed by atoms with E-state index in [1.807, 2.05) is 13.0 Å². The van der Waals surface area contributed by atoms with Crippen LogP contribution in [0.5, 0.6) is 0 Å². The molecule has 1 rings (SSSR count). The van der Waals surface area contributed by atoms with Gasteiger partial charge in [-0.1, -0.05) is 17.9 Å². The Balaban J connectivity index is 2.92. The van der Waals surface area contributed by atoms with Gasteiger partial charge in [0.15, 0.2) is 0 Å². The van der Waals surface area contributed by atoms with Gasteiger partial charge in [0.2, 0.25) is 5.91 Å². The molecule has 0 aliphatic rings. The summed E-state index contributed by atoms with van der Waals surface area (Å²) in [4.78, 5) is 27.2. The zero-order valence-electron chi connectivity index (χ0n) is 12.7. The van der Waals surface area contributed by atoms with Crippen molar-refractivity contribution in [3.8, 4) is 11.8 Å². The highest BCUT2D eigenvalue weighted by atomic mass is 16.2. The summed E-state index contributed by atoms with van der Waals surface area (Å²) in [5.41, 5.74) is 6.59. The Bertz CT molecular complexity index is 570. The molecule has 0 heterocycles. The van der Waals surface area contributed by atoms with Crippen molar-refractivity contribution in [3.05, 3.63) is 35.4 Å². The van der Waals surface area contributed by atoms with Crippen LogP contribution in [0.2, 0.25) is 0 Å². The predicted molar refractivity (Wildman–Crippen MR) is 82.6 cm³/mol. The summed E-state index contributed by atoms with van der Waals surface area (Å²) in [6.07, 6.45) is 0. The van der Waals surface area contributed by atoms with Crippen molar-refractivity contribution in [2.75, 3.05) is 33.7 Å². The molecule has 0 aromatic heterocycles. The van der Waals surface area contributed by atoms with Crippen LogP contribution in [0, 0.1) is 11.8 Å². The second-order valence-corrected chi connectivity index (χ2v) is 4.69. The fraction of sp³-hybridized carbons (Fsp3) is 0.375. The van der Waals surface area contributed by atoms with Crippen LogP contribution in [0.1, 0.15) is 22.8 Å².